The molecule has 2 amide bonds. The minimum Gasteiger partial charge on any atom is -0.395 e. The molecule has 3 N–H and O–H groups in total. The summed E-state index contributed by atoms with van der Waals surface area (Å²) in [6.45, 7) is 0.164. The summed E-state index contributed by atoms with van der Waals surface area (Å²) in [7, 11) is 0. The Morgan fingerprint density at radius 2 is 2.50 bits per heavy atom. The van der Waals surface area contributed by atoms with Gasteiger partial charge in [0.25, 0.3) is 0 Å². The summed E-state index contributed by atoms with van der Waals surface area (Å²) >= 11 is 0. The molecule has 0 aliphatic carbocycles. The number of carbonyl (C=O) groups excluding carboxylic acids is 2. The van der Waals surface area contributed by atoms with E-state index >= 15 is 0 Å². The van der Waals surface area contributed by atoms with Gasteiger partial charge >= 0.3 is 0 Å². The minimum atomic E-state index is -0.399. The second-order valence-corrected chi connectivity index (χ2v) is 2.67. The summed E-state index contributed by atoms with van der Waals surface area (Å²) < 4.78 is 0. The van der Waals surface area contributed by atoms with E-state index in [4.69, 9.17) is 5.11 Å². The second-order valence-electron chi connectivity index (χ2n) is 2.67. The monoisotopic (exact) mass is 172 g/mol. The van der Waals surface area contributed by atoms with Crippen LogP contribution in [0.15, 0.2) is 0 Å². The number of nitrogens with one attached hydrogen (secondary N) is 2. The van der Waals surface area contributed by atoms with Gasteiger partial charge in [-0.25, -0.2) is 0 Å². The molecule has 5 heteroatoms. The molecule has 1 rings (SSSR count). The molecule has 0 aromatic rings. The highest BCUT2D eigenvalue weighted by Crippen LogP contribution is 2.05. The van der Waals surface area contributed by atoms with Gasteiger partial charge < -0.3 is 15.7 Å². The summed E-state index contributed by atoms with van der Waals surface area (Å²) in [6.07, 6.45) is 0.966. The van der Waals surface area contributed by atoms with E-state index in [-0.39, 0.29) is 25.0 Å². The van der Waals surface area contributed by atoms with Crippen LogP contribution in [0.5, 0.6) is 0 Å². The lowest BCUT2D eigenvalue weighted by Crippen LogP contribution is -2.42. The van der Waals surface area contributed by atoms with Crippen LogP contribution >= 0.6 is 0 Å². The number of rotatable bonds is 3. The molecule has 0 aromatic heterocycles. The topological polar surface area (TPSA) is 78.4 Å². The average Bonchev–Trinajstić information content (AvgIpc) is 2.47. The maximum Gasteiger partial charge on any atom is 0.242 e. The van der Waals surface area contributed by atoms with E-state index in [0.717, 1.165) is 0 Å². The first-order chi connectivity index (χ1) is 5.74. The van der Waals surface area contributed by atoms with Crippen molar-refractivity contribution in [3.8, 4) is 0 Å². The molecule has 0 radical (unpaired) electrons. The summed E-state index contributed by atoms with van der Waals surface area (Å²) in [4.78, 5) is 21.8. The molecule has 1 fully saturated rings. The van der Waals surface area contributed by atoms with E-state index in [2.05, 4.69) is 10.6 Å². The van der Waals surface area contributed by atoms with E-state index in [1.165, 1.54) is 0 Å². The van der Waals surface area contributed by atoms with Crippen LogP contribution in [-0.2, 0) is 9.59 Å². The van der Waals surface area contributed by atoms with Crippen LogP contribution in [0.1, 0.15) is 12.8 Å². The van der Waals surface area contributed by atoms with E-state index in [1.54, 1.807) is 0 Å². The third-order valence-corrected chi connectivity index (χ3v) is 1.72. The van der Waals surface area contributed by atoms with Gasteiger partial charge in [-0.2, -0.15) is 0 Å². The van der Waals surface area contributed by atoms with Crippen LogP contribution in [0.3, 0.4) is 0 Å². The molecule has 1 aliphatic heterocycles. The van der Waals surface area contributed by atoms with Crippen molar-refractivity contribution in [2.75, 3.05) is 13.2 Å². The van der Waals surface area contributed by atoms with Crippen molar-refractivity contribution in [3.63, 3.8) is 0 Å². The Labute approximate surface area is 70.1 Å². The summed E-state index contributed by atoms with van der Waals surface area (Å²) in [5, 5.41) is 13.4. The van der Waals surface area contributed by atoms with Gasteiger partial charge in [0.15, 0.2) is 0 Å². The number of hydrogen-bond acceptors (Lipinski definition) is 3. The van der Waals surface area contributed by atoms with E-state index < -0.39 is 6.04 Å². The van der Waals surface area contributed by atoms with Crippen LogP contribution in [0.2, 0.25) is 0 Å². The van der Waals surface area contributed by atoms with Crippen LogP contribution in [0.25, 0.3) is 0 Å². The third-order valence-electron chi connectivity index (χ3n) is 1.72. The van der Waals surface area contributed by atoms with Crippen LogP contribution in [0.4, 0.5) is 0 Å². The molecule has 1 heterocycles. The molecular weight excluding hydrogens is 160 g/mol. The van der Waals surface area contributed by atoms with Crippen molar-refractivity contribution < 1.29 is 14.7 Å². The SMILES string of the molecule is O=C1CC[C@H](C(=O)NCCO)N1. The Morgan fingerprint density at radius 3 is 3.00 bits per heavy atom. The van der Waals surface area contributed by atoms with E-state index in [9.17, 15) is 9.59 Å². The fraction of sp³-hybridized carbons (Fsp3) is 0.714. The Morgan fingerprint density at radius 1 is 1.75 bits per heavy atom. The van der Waals surface area contributed by atoms with Gasteiger partial charge in [0, 0.05) is 13.0 Å². The predicted octanol–water partition coefficient (Wildman–Crippen LogP) is -1.63. The van der Waals surface area contributed by atoms with Crippen molar-refractivity contribution in [1.82, 2.24) is 10.6 Å². The number of aliphatic hydroxyl groups is 1. The van der Waals surface area contributed by atoms with Gasteiger partial charge in [-0.1, -0.05) is 0 Å². The minimum absolute atomic E-state index is 0.0770. The fourth-order valence-corrected chi connectivity index (χ4v) is 1.11. The van der Waals surface area contributed by atoms with Crippen LogP contribution in [-0.4, -0.2) is 36.1 Å². The highest BCUT2D eigenvalue weighted by atomic mass is 16.3. The van der Waals surface area contributed by atoms with Crippen LogP contribution in [0, 0.1) is 0 Å². The number of amides is 2. The third kappa shape index (κ3) is 2.20. The van der Waals surface area contributed by atoms with Gasteiger partial charge in [-0.3, -0.25) is 9.59 Å². The maximum absolute atomic E-state index is 11.1. The Hall–Kier alpha value is -1.10. The lowest BCUT2D eigenvalue weighted by Gasteiger charge is -2.08. The summed E-state index contributed by atoms with van der Waals surface area (Å²) in [5.74, 6) is -0.297. The highest BCUT2D eigenvalue weighted by Gasteiger charge is 2.26. The zero-order valence-corrected chi connectivity index (χ0v) is 6.67. The smallest absolute Gasteiger partial charge is 0.242 e. The largest absolute Gasteiger partial charge is 0.395 e. The molecule has 0 spiro atoms. The lowest BCUT2D eigenvalue weighted by atomic mass is 10.2. The van der Waals surface area contributed by atoms with Crippen LogP contribution < -0.4 is 10.6 Å². The lowest BCUT2D eigenvalue weighted by molar-refractivity contribution is -0.125. The summed E-state index contributed by atoms with van der Waals surface area (Å²) in [5.41, 5.74) is 0. The Bertz CT molecular complexity index is 193. The molecule has 1 aliphatic rings. The van der Waals surface area contributed by atoms with Crippen molar-refractivity contribution in [3.05, 3.63) is 0 Å². The molecule has 0 aromatic carbocycles. The Kier molecular flexibility index (Phi) is 3.04. The Balaban J connectivity index is 2.28. The molecule has 1 saturated heterocycles. The van der Waals surface area contributed by atoms with Gasteiger partial charge in [0.1, 0.15) is 6.04 Å². The van der Waals surface area contributed by atoms with E-state index in [0.29, 0.717) is 12.8 Å². The zero-order chi connectivity index (χ0) is 8.97. The second kappa shape index (κ2) is 4.06. The van der Waals surface area contributed by atoms with Gasteiger partial charge in [-0.15, -0.1) is 0 Å². The first kappa shape index (κ1) is 8.99. The molecule has 1 atom stereocenters. The fourth-order valence-electron chi connectivity index (χ4n) is 1.11. The molecular formula is C7H12N2O3. The highest BCUT2D eigenvalue weighted by molar-refractivity contribution is 5.90. The molecule has 0 saturated carbocycles. The molecule has 12 heavy (non-hydrogen) atoms. The van der Waals surface area contributed by atoms with Crippen molar-refractivity contribution in [1.29, 1.82) is 0 Å². The number of hydrogen-bond donors (Lipinski definition) is 3. The molecule has 5 nitrogen and oxygen atoms in total. The van der Waals surface area contributed by atoms with Crippen molar-refractivity contribution >= 4 is 11.8 Å². The first-order valence-corrected chi connectivity index (χ1v) is 3.92. The standard InChI is InChI=1S/C7H12N2O3/c10-4-3-8-7(12)5-1-2-6(11)9-5/h5,10H,1-4H2,(H,8,12)(H,9,11)/t5-/m1/s1. The van der Waals surface area contributed by atoms with Gasteiger partial charge in [0.2, 0.25) is 11.8 Å². The quantitative estimate of drug-likeness (QED) is 0.478. The van der Waals surface area contributed by atoms with E-state index in [1.807, 2.05) is 0 Å². The normalized spacial score (nSPS) is 22.1. The molecule has 0 bridgehead atoms. The predicted molar refractivity (Wildman–Crippen MR) is 41.3 cm³/mol. The number of carbonyl (C=O) groups is 2. The average molecular weight is 172 g/mol. The molecule has 68 valence electrons. The van der Waals surface area contributed by atoms with Crippen molar-refractivity contribution in [2.45, 2.75) is 18.9 Å². The first-order valence-electron chi connectivity index (χ1n) is 3.92. The molecule has 0 unspecified atom stereocenters. The maximum atomic E-state index is 11.1. The number of aliphatic hydroxyl groups excluding tert-OH is 1. The summed E-state index contributed by atoms with van der Waals surface area (Å²) in [6, 6.07) is -0.399. The zero-order valence-electron chi connectivity index (χ0n) is 6.67. The van der Waals surface area contributed by atoms with Crippen molar-refractivity contribution in [2.24, 2.45) is 0 Å². The van der Waals surface area contributed by atoms with Gasteiger partial charge in [0.05, 0.1) is 6.61 Å². The van der Waals surface area contributed by atoms with Gasteiger partial charge in [-0.05, 0) is 6.42 Å².